The van der Waals surface area contributed by atoms with Crippen molar-refractivity contribution < 1.29 is 0 Å². The van der Waals surface area contributed by atoms with Crippen molar-refractivity contribution in [3.63, 3.8) is 0 Å². The maximum Gasteiger partial charge on any atom is 0.287 e. The average molecular weight is 291 g/mol. The summed E-state index contributed by atoms with van der Waals surface area (Å²) < 4.78 is 1.34. The van der Waals surface area contributed by atoms with Crippen molar-refractivity contribution in [2.24, 2.45) is 0 Å². The Morgan fingerprint density at radius 3 is 2.64 bits per heavy atom. The number of nitrogens with one attached hydrogen (secondary N) is 1. The molecule has 110 valence electrons. The molecule has 0 fully saturated rings. The molecule has 2 aromatic rings. The molecule has 1 N–H and O–H groups in total. The van der Waals surface area contributed by atoms with Crippen LogP contribution in [-0.4, -0.2) is 4.68 Å². The van der Waals surface area contributed by atoms with Crippen LogP contribution in [0, 0.1) is 25.2 Å². The smallest absolute Gasteiger partial charge is 0.287 e. The Balaban J connectivity index is 2.25. The lowest BCUT2D eigenvalue weighted by atomic mass is 10.1. The molecule has 0 amide bonds. The Bertz CT molecular complexity index is 824. The Kier molecular flexibility index (Phi) is 4.60. The number of benzene rings is 1. The lowest BCUT2D eigenvalue weighted by Crippen LogP contribution is -2.32. The first-order valence-corrected chi connectivity index (χ1v) is 6.85. The summed E-state index contributed by atoms with van der Waals surface area (Å²) in [7, 11) is 0. The molecule has 0 radical (unpaired) electrons. The maximum atomic E-state index is 12.3. The third-order valence-corrected chi connectivity index (χ3v) is 3.23. The zero-order valence-electron chi connectivity index (χ0n) is 12.6. The number of aryl methyl sites for hydroxylation is 2. The van der Waals surface area contributed by atoms with Gasteiger partial charge in [0.25, 0.3) is 5.56 Å². The molecule has 2 rings (SSSR count). The van der Waals surface area contributed by atoms with Crippen LogP contribution >= 0.6 is 0 Å². The Morgan fingerprint density at radius 1 is 1.32 bits per heavy atom. The Labute approximate surface area is 129 Å². The number of pyridine rings is 1. The molecule has 0 aliphatic carbocycles. The van der Waals surface area contributed by atoms with Crippen LogP contribution in [-0.2, 0) is 0 Å². The predicted octanol–water partition coefficient (Wildman–Crippen LogP) is 3.11. The Morgan fingerprint density at radius 2 is 2.00 bits per heavy atom. The first-order chi connectivity index (χ1) is 10.5. The van der Waals surface area contributed by atoms with E-state index in [1.165, 1.54) is 4.68 Å². The number of aromatic nitrogens is 1. The monoisotopic (exact) mass is 291 g/mol. The standard InChI is InChI=1S/C18H17N3O/c1-13-11-15(3)21(18(22)17(13)12-19)20-14(2)9-10-16-7-5-4-6-8-16/h4-11,20H,2H2,1,3H3. The van der Waals surface area contributed by atoms with Crippen LogP contribution in [0.5, 0.6) is 0 Å². The van der Waals surface area contributed by atoms with Crippen molar-refractivity contribution in [3.05, 3.63) is 87.5 Å². The van der Waals surface area contributed by atoms with Gasteiger partial charge in [-0.2, -0.15) is 5.26 Å². The summed E-state index contributed by atoms with van der Waals surface area (Å²) in [5.41, 5.74) is 5.68. The number of nitriles is 1. The van der Waals surface area contributed by atoms with E-state index in [1.54, 1.807) is 26.0 Å². The van der Waals surface area contributed by atoms with Gasteiger partial charge in [-0.05, 0) is 37.1 Å². The van der Waals surface area contributed by atoms with Crippen LogP contribution in [0.25, 0.3) is 6.08 Å². The molecule has 1 aromatic carbocycles. The van der Waals surface area contributed by atoms with Crippen molar-refractivity contribution in [1.82, 2.24) is 4.68 Å². The number of hydrogen-bond acceptors (Lipinski definition) is 3. The number of nitrogens with zero attached hydrogens (tertiary/aromatic N) is 2. The van der Waals surface area contributed by atoms with E-state index in [0.29, 0.717) is 11.3 Å². The van der Waals surface area contributed by atoms with Gasteiger partial charge >= 0.3 is 0 Å². The van der Waals surface area contributed by atoms with Crippen LogP contribution in [0.15, 0.2) is 59.5 Å². The fraction of sp³-hybridized carbons (Fsp3) is 0.111. The lowest BCUT2D eigenvalue weighted by molar-refractivity contribution is 0.830. The van der Waals surface area contributed by atoms with Crippen molar-refractivity contribution in [2.75, 3.05) is 5.43 Å². The van der Waals surface area contributed by atoms with Gasteiger partial charge in [0.2, 0.25) is 0 Å². The maximum absolute atomic E-state index is 12.3. The second-order valence-corrected chi connectivity index (χ2v) is 4.98. The summed E-state index contributed by atoms with van der Waals surface area (Å²) in [5, 5.41) is 9.07. The molecule has 4 nitrogen and oxygen atoms in total. The molecule has 1 aromatic heterocycles. The first kappa shape index (κ1) is 15.3. The van der Waals surface area contributed by atoms with E-state index in [4.69, 9.17) is 5.26 Å². The molecule has 0 atom stereocenters. The third-order valence-electron chi connectivity index (χ3n) is 3.23. The largest absolute Gasteiger partial charge is 0.292 e. The predicted molar refractivity (Wildman–Crippen MR) is 88.9 cm³/mol. The van der Waals surface area contributed by atoms with Crippen molar-refractivity contribution in [1.29, 1.82) is 5.26 Å². The van der Waals surface area contributed by atoms with Gasteiger partial charge in [-0.25, -0.2) is 4.68 Å². The average Bonchev–Trinajstić information content (AvgIpc) is 2.51. The van der Waals surface area contributed by atoms with Gasteiger partial charge in [0.05, 0.1) is 0 Å². The molecule has 0 unspecified atom stereocenters. The van der Waals surface area contributed by atoms with Gasteiger partial charge in [-0.15, -0.1) is 0 Å². The summed E-state index contributed by atoms with van der Waals surface area (Å²) in [5.74, 6) is 0. The molecule has 0 bridgehead atoms. The molecule has 4 heteroatoms. The highest BCUT2D eigenvalue weighted by atomic mass is 16.1. The molecule has 1 heterocycles. The highest BCUT2D eigenvalue weighted by Crippen LogP contribution is 2.06. The highest BCUT2D eigenvalue weighted by Gasteiger charge is 2.09. The SMILES string of the molecule is C=C(C=Cc1ccccc1)Nn1c(C)cc(C)c(C#N)c1=O. The number of hydrogen-bond donors (Lipinski definition) is 1. The van der Waals surface area contributed by atoms with Gasteiger partial charge in [-0.3, -0.25) is 10.2 Å². The van der Waals surface area contributed by atoms with Gasteiger partial charge in [0, 0.05) is 11.4 Å². The topological polar surface area (TPSA) is 57.8 Å². The zero-order chi connectivity index (χ0) is 16.1. The summed E-state index contributed by atoms with van der Waals surface area (Å²) in [4.78, 5) is 12.3. The minimum atomic E-state index is -0.366. The van der Waals surface area contributed by atoms with Gasteiger partial charge < -0.3 is 0 Å². The van der Waals surface area contributed by atoms with E-state index < -0.39 is 0 Å². The van der Waals surface area contributed by atoms with E-state index in [-0.39, 0.29) is 11.1 Å². The Hall–Kier alpha value is -3.06. The van der Waals surface area contributed by atoms with E-state index in [2.05, 4.69) is 12.0 Å². The summed E-state index contributed by atoms with van der Waals surface area (Å²) >= 11 is 0. The first-order valence-electron chi connectivity index (χ1n) is 6.85. The van der Waals surface area contributed by atoms with Crippen LogP contribution < -0.4 is 11.0 Å². The molecule has 0 aliphatic rings. The molecular formula is C18H17N3O. The van der Waals surface area contributed by atoms with E-state index in [0.717, 1.165) is 11.3 Å². The molecule has 0 spiro atoms. The summed E-state index contributed by atoms with van der Waals surface area (Å²) in [6, 6.07) is 13.5. The third kappa shape index (κ3) is 3.33. The van der Waals surface area contributed by atoms with Crippen molar-refractivity contribution in [3.8, 4) is 6.07 Å². The minimum Gasteiger partial charge on any atom is -0.292 e. The molecule has 0 saturated heterocycles. The second-order valence-electron chi connectivity index (χ2n) is 4.98. The molecule has 0 saturated carbocycles. The van der Waals surface area contributed by atoms with Gasteiger partial charge in [0.15, 0.2) is 0 Å². The fourth-order valence-corrected chi connectivity index (χ4v) is 2.11. The number of rotatable bonds is 4. The summed E-state index contributed by atoms with van der Waals surface area (Å²) in [6.45, 7) is 7.44. The van der Waals surface area contributed by atoms with Gasteiger partial charge in [0.1, 0.15) is 11.6 Å². The van der Waals surface area contributed by atoms with Crippen LogP contribution in [0.2, 0.25) is 0 Å². The normalized spacial score (nSPS) is 10.4. The van der Waals surface area contributed by atoms with Crippen LogP contribution in [0.4, 0.5) is 0 Å². The van der Waals surface area contributed by atoms with E-state index >= 15 is 0 Å². The fourth-order valence-electron chi connectivity index (χ4n) is 2.11. The lowest BCUT2D eigenvalue weighted by Gasteiger charge is -2.14. The summed E-state index contributed by atoms with van der Waals surface area (Å²) in [6.07, 6.45) is 3.68. The molecule has 0 aliphatic heterocycles. The number of allylic oxidation sites excluding steroid dienone is 1. The van der Waals surface area contributed by atoms with E-state index in [1.807, 2.05) is 42.5 Å². The minimum absolute atomic E-state index is 0.137. The van der Waals surface area contributed by atoms with Crippen LogP contribution in [0.3, 0.4) is 0 Å². The van der Waals surface area contributed by atoms with Crippen LogP contribution in [0.1, 0.15) is 22.4 Å². The highest BCUT2D eigenvalue weighted by molar-refractivity contribution is 5.53. The quantitative estimate of drug-likeness (QED) is 0.881. The zero-order valence-corrected chi connectivity index (χ0v) is 12.6. The van der Waals surface area contributed by atoms with Crippen molar-refractivity contribution >= 4 is 6.08 Å². The molecular weight excluding hydrogens is 274 g/mol. The van der Waals surface area contributed by atoms with Gasteiger partial charge in [-0.1, -0.05) is 43.0 Å². The second kappa shape index (κ2) is 6.59. The van der Waals surface area contributed by atoms with E-state index in [9.17, 15) is 4.79 Å². The van der Waals surface area contributed by atoms with Crippen molar-refractivity contribution in [2.45, 2.75) is 13.8 Å². The molecule has 22 heavy (non-hydrogen) atoms.